The van der Waals surface area contributed by atoms with Gasteiger partial charge in [-0.25, -0.2) is 12.8 Å². The maximum atomic E-state index is 13.7. The molecule has 0 unspecified atom stereocenters. The van der Waals surface area contributed by atoms with Gasteiger partial charge in [0.05, 0.1) is 17.5 Å². The fourth-order valence-electron chi connectivity index (χ4n) is 4.33. The molecule has 192 valence electrons. The van der Waals surface area contributed by atoms with E-state index in [0.717, 1.165) is 11.1 Å². The Morgan fingerprint density at radius 2 is 1.86 bits per heavy atom. The van der Waals surface area contributed by atoms with Gasteiger partial charge in [0.15, 0.2) is 0 Å². The second-order valence-corrected chi connectivity index (χ2v) is 11.9. The number of carbonyl (C=O) groups excluding carboxylic acids is 1. The molecular weight excluding hydrogens is 499 g/mol. The topological polar surface area (TPSA) is 66.9 Å². The molecule has 4 rings (SSSR count). The van der Waals surface area contributed by atoms with E-state index in [1.54, 1.807) is 52.6 Å². The average molecular weight is 531 g/mol. The first-order chi connectivity index (χ1) is 17.2. The number of hydrogen-bond acceptors (Lipinski definition) is 5. The van der Waals surface area contributed by atoms with Gasteiger partial charge in [-0.1, -0.05) is 24.6 Å². The van der Waals surface area contributed by atoms with Gasteiger partial charge in [0, 0.05) is 17.5 Å². The fraction of sp³-hybridized carbons (Fsp3) is 0.370. The molecule has 6 nitrogen and oxygen atoms in total. The Morgan fingerprint density at radius 3 is 2.53 bits per heavy atom. The van der Waals surface area contributed by atoms with Gasteiger partial charge in [-0.05, 0) is 80.1 Å². The van der Waals surface area contributed by atoms with Gasteiger partial charge in [0.1, 0.15) is 18.2 Å². The number of aryl methyl sites for hydroxylation is 1. The van der Waals surface area contributed by atoms with Crippen molar-refractivity contribution in [1.29, 1.82) is 0 Å². The zero-order chi connectivity index (χ0) is 25.9. The molecule has 1 aliphatic rings. The number of sulfonamides is 1. The Balaban J connectivity index is 1.58. The summed E-state index contributed by atoms with van der Waals surface area (Å²) >= 11 is 1.64. The van der Waals surface area contributed by atoms with Gasteiger partial charge in [-0.2, -0.15) is 4.31 Å². The highest BCUT2D eigenvalue weighted by Gasteiger charge is 2.36. The largest absolute Gasteiger partial charge is 0.491 e. The normalized spacial score (nSPS) is 16.6. The van der Waals surface area contributed by atoms with E-state index in [9.17, 15) is 17.6 Å². The van der Waals surface area contributed by atoms with E-state index in [2.05, 4.69) is 0 Å². The third-order valence-corrected chi connectivity index (χ3v) is 9.61. The molecule has 9 heteroatoms. The Hall–Kier alpha value is -2.75. The molecule has 0 radical (unpaired) electrons. The summed E-state index contributed by atoms with van der Waals surface area (Å²) < 4.78 is 47.6. The summed E-state index contributed by atoms with van der Waals surface area (Å²) in [7, 11) is -3.87. The van der Waals surface area contributed by atoms with Crippen LogP contribution in [0, 0.1) is 12.7 Å². The second-order valence-electron chi connectivity index (χ2n) is 9.04. The van der Waals surface area contributed by atoms with Crippen molar-refractivity contribution >= 4 is 27.3 Å². The van der Waals surface area contributed by atoms with Crippen LogP contribution >= 0.6 is 11.3 Å². The number of benzene rings is 2. The molecule has 1 amide bonds. The van der Waals surface area contributed by atoms with E-state index >= 15 is 0 Å². The van der Waals surface area contributed by atoms with Crippen LogP contribution in [-0.4, -0.2) is 49.3 Å². The van der Waals surface area contributed by atoms with Crippen LogP contribution in [-0.2, 0) is 21.2 Å². The van der Waals surface area contributed by atoms with Crippen molar-refractivity contribution in [1.82, 2.24) is 9.21 Å². The summed E-state index contributed by atoms with van der Waals surface area (Å²) in [6, 6.07) is 13.7. The van der Waals surface area contributed by atoms with Crippen molar-refractivity contribution in [2.75, 3.05) is 19.7 Å². The quantitative estimate of drug-likeness (QED) is 0.382. The van der Waals surface area contributed by atoms with Crippen molar-refractivity contribution in [3.63, 3.8) is 0 Å². The maximum Gasteiger partial charge on any atom is 0.243 e. The SMILES string of the molecule is CC[C@H](C)N(CC(=O)N1CCc2sccc2[C@H]1COc1ccc(F)cc1)S(=O)(=O)c1ccc(C)cc1. The van der Waals surface area contributed by atoms with E-state index in [-0.39, 0.29) is 41.9 Å². The highest BCUT2D eigenvalue weighted by Crippen LogP contribution is 2.34. The molecule has 1 aromatic heterocycles. The smallest absolute Gasteiger partial charge is 0.243 e. The summed E-state index contributed by atoms with van der Waals surface area (Å²) in [4.78, 5) is 16.8. The standard InChI is InChI=1S/C27H31FN2O4S2/c1-4-20(3)30(36(32,33)23-11-5-19(2)6-12-23)17-27(31)29-15-13-26-24(14-16-35-26)25(29)18-34-22-9-7-21(28)8-10-22/h5-12,14,16,20,25H,4,13,15,17-18H2,1-3H3/t20-,25+/m0/s1. The molecule has 3 aromatic rings. The summed E-state index contributed by atoms with van der Waals surface area (Å²) in [6.45, 7) is 6.04. The maximum absolute atomic E-state index is 13.7. The lowest BCUT2D eigenvalue weighted by atomic mass is 10.0. The number of fused-ring (bicyclic) bond motifs is 1. The van der Waals surface area contributed by atoms with Gasteiger partial charge in [0.2, 0.25) is 15.9 Å². The first-order valence-corrected chi connectivity index (χ1v) is 14.3. The molecule has 0 saturated heterocycles. The minimum absolute atomic E-state index is 0.177. The van der Waals surface area contributed by atoms with E-state index in [1.165, 1.54) is 21.3 Å². The molecule has 2 atom stereocenters. The third kappa shape index (κ3) is 5.63. The molecule has 1 aliphatic heterocycles. The molecule has 36 heavy (non-hydrogen) atoms. The van der Waals surface area contributed by atoms with Gasteiger partial charge in [0.25, 0.3) is 0 Å². The third-order valence-electron chi connectivity index (χ3n) is 6.64. The van der Waals surface area contributed by atoms with Crippen molar-refractivity contribution in [2.24, 2.45) is 0 Å². The summed E-state index contributed by atoms with van der Waals surface area (Å²) in [5.41, 5.74) is 1.97. The monoisotopic (exact) mass is 530 g/mol. The van der Waals surface area contributed by atoms with E-state index in [4.69, 9.17) is 4.74 Å². The van der Waals surface area contributed by atoms with Crippen LogP contribution in [0.15, 0.2) is 64.9 Å². The zero-order valence-corrected chi connectivity index (χ0v) is 22.3. The minimum Gasteiger partial charge on any atom is -0.491 e. The van der Waals surface area contributed by atoms with Crippen molar-refractivity contribution < 1.29 is 22.3 Å². The molecule has 2 aromatic carbocycles. The van der Waals surface area contributed by atoms with Crippen molar-refractivity contribution in [2.45, 2.75) is 50.6 Å². The second kappa shape index (κ2) is 11.1. The molecular formula is C27H31FN2O4S2. The Bertz CT molecular complexity index is 1290. The van der Waals surface area contributed by atoms with Crippen LogP contribution in [0.5, 0.6) is 5.75 Å². The van der Waals surface area contributed by atoms with E-state index in [0.29, 0.717) is 25.1 Å². The predicted octanol–water partition coefficient (Wildman–Crippen LogP) is 5.19. The minimum atomic E-state index is -3.87. The molecule has 0 saturated carbocycles. The molecule has 0 bridgehead atoms. The van der Waals surface area contributed by atoms with Crippen molar-refractivity contribution in [3.8, 4) is 5.75 Å². The van der Waals surface area contributed by atoms with E-state index < -0.39 is 10.0 Å². The number of thiophene rings is 1. The molecule has 2 heterocycles. The van der Waals surface area contributed by atoms with Crippen LogP contribution in [0.3, 0.4) is 0 Å². The van der Waals surface area contributed by atoms with Crippen LogP contribution in [0.4, 0.5) is 4.39 Å². The number of nitrogens with zero attached hydrogens (tertiary/aromatic N) is 2. The predicted molar refractivity (Wildman–Crippen MR) is 139 cm³/mol. The lowest BCUT2D eigenvalue weighted by Gasteiger charge is -2.37. The first kappa shape index (κ1) is 26.3. The lowest BCUT2D eigenvalue weighted by molar-refractivity contribution is -0.135. The van der Waals surface area contributed by atoms with Crippen LogP contribution in [0.25, 0.3) is 0 Å². The number of amides is 1. The van der Waals surface area contributed by atoms with Gasteiger partial charge < -0.3 is 9.64 Å². The van der Waals surface area contributed by atoms with Crippen LogP contribution in [0.2, 0.25) is 0 Å². The van der Waals surface area contributed by atoms with Crippen LogP contribution < -0.4 is 4.74 Å². The van der Waals surface area contributed by atoms with Gasteiger partial charge in [-0.3, -0.25) is 4.79 Å². The number of carbonyl (C=O) groups is 1. The summed E-state index contributed by atoms with van der Waals surface area (Å²) in [5.74, 6) is -0.110. The number of hydrogen-bond donors (Lipinski definition) is 0. The molecule has 0 fully saturated rings. The zero-order valence-electron chi connectivity index (χ0n) is 20.7. The lowest BCUT2D eigenvalue weighted by Crippen LogP contribution is -2.49. The number of rotatable bonds is 9. The average Bonchev–Trinajstić information content (AvgIpc) is 3.35. The summed E-state index contributed by atoms with van der Waals surface area (Å²) in [6.07, 6.45) is 1.28. The Morgan fingerprint density at radius 1 is 1.17 bits per heavy atom. The van der Waals surface area contributed by atoms with E-state index in [1.807, 2.05) is 32.2 Å². The molecule has 0 aliphatic carbocycles. The van der Waals surface area contributed by atoms with Crippen molar-refractivity contribution in [3.05, 3.63) is 81.8 Å². The molecule has 0 spiro atoms. The highest BCUT2D eigenvalue weighted by atomic mass is 32.2. The molecule has 0 N–H and O–H groups in total. The Kier molecular flexibility index (Phi) is 8.12. The van der Waals surface area contributed by atoms with Gasteiger partial charge in [-0.15, -0.1) is 11.3 Å². The first-order valence-electron chi connectivity index (χ1n) is 12.0. The highest BCUT2D eigenvalue weighted by molar-refractivity contribution is 7.89. The van der Waals surface area contributed by atoms with Crippen LogP contribution in [0.1, 0.15) is 42.3 Å². The van der Waals surface area contributed by atoms with Gasteiger partial charge >= 0.3 is 0 Å². The fourth-order valence-corrected chi connectivity index (χ4v) is 6.91. The number of ether oxygens (including phenoxy) is 1. The number of halogens is 1. The Labute approximate surface area is 216 Å². The summed E-state index contributed by atoms with van der Waals surface area (Å²) in [5, 5.41) is 2.00.